The number of sulfonamides is 1. The Hall–Kier alpha value is -3.20. The van der Waals surface area contributed by atoms with Crippen LogP contribution in [0.5, 0.6) is 0 Å². The first kappa shape index (κ1) is 22.6. The monoisotopic (exact) mass is 477 g/mol. The molecular formula is C26H27N3O4S. The first-order chi connectivity index (χ1) is 16.5. The summed E-state index contributed by atoms with van der Waals surface area (Å²) in [4.78, 5) is 12.9. The highest BCUT2D eigenvalue weighted by Crippen LogP contribution is 2.31. The molecule has 1 aromatic heterocycles. The number of nitrogens with one attached hydrogen (secondary N) is 1. The number of hydrogen-bond donors (Lipinski definition) is 1. The largest absolute Gasteiger partial charge is 0.379 e. The Balaban J connectivity index is 1.33. The topological polar surface area (TPSA) is 80.6 Å². The molecule has 3 aromatic carbocycles. The fourth-order valence-corrected chi connectivity index (χ4v) is 6.06. The minimum absolute atomic E-state index is 0.0902. The fraction of sp³-hybridized carbons (Fsp3) is 0.269. The Bertz CT molecular complexity index is 1450. The minimum atomic E-state index is -3.41. The predicted octanol–water partition coefficient (Wildman–Crippen LogP) is 4.23. The summed E-state index contributed by atoms with van der Waals surface area (Å²) in [5.74, 6) is -0.325. The van der Waals surface area contributed by atoms with Crippen LogP contribution in [0.1, 0.15) is 22.8 Å². The summed E-state index contributed by atoms with van der Waals surface area (Å²) in [6.07, 6.45) is 0. The standard InChI is InChI=1S/C26H27N3O4S/c1-2-29-24-6-4-3-5-22(24)23-17-21(11-12-25(23)29)27-26(30)20-9-7-19(8-10-20)18-34(31,32)28-13-15-33-16-14-28/h3-12,17H,2,13-16,18H2,1H3,(H,27,30). The number of para-hydroxylation sites is 1. The van der Waals surface area contributed by atoms with E-state index in [-0.39, 0.29) is 11.7 Å². The second kappa shape index (κ2) is 9.21. The van der Waals surface area contributed by atoms with Crippen molar-refractivity contribution in [2.24, 2.45) is 0 Å². The molecule has 8 heteroatoms. The summed E-state index contributed by atoms with van der Waals surface area (Å²) >= 11 is 0. The molecular weight excluding hydrogens is 450 g/mol. The zero-order chi connectivity index (χ0) is 23.7. The number of anilines is 1. The molecule has 0 aliphatic carbocycles. The zero-order valence-electron chi connectivity index (χ0n) is 19.0. The number of benzene rings is 3. The van der Waals surface area contributed by atoms with Crippen molar-refractivity contribution in [3.63, 3.8) is 0 Å². The summed E-state index contributed by atoms with van der Waals surface area (Å²) in [6.45, 7) is 4.58. The SMILES string of the molecule is CCn1c2ccccc2c2cc(NC(=O)c3ccc(CS(=O)(=O)N4CCOCC4)cc3)ccc21. The number of fused-ring (bicyclic) bond motifs is 3. The van der Waals surface area contributed by atoms with Gasteiger partial charge in [0.1, 0.15) is 0 Å². The summed E-state index contributed by atoms with van der Waals surface area (Å²) in [5.41, 5.74) is 4.15. The summed E-state index contributed by atoms with van der Waals surface area (Å²) < 4.78 is 34.2. The number of aryl methyl sites for hydroxylation is 1. The maximum absolute atomic E-state index is 12.9. The molecule has 1 N–H and O–H groups in total. The second-order valence-electron chi connectivity index (χ2n) is 8.41. The highest BCUT2D eigenvalue weighted by Gasteiger charge is 2.24. The van der Waals surface area contributed by atoms with Gasteiger partial charge < -0.3 is 14.6 Å². The van der Waals surface area contributed by atoms with Gasteiger partial charge in [0.25, 0.3) is 5.91 Å². The summed E-state index contributed by atoms with van der Waals surface area (Å²) in [6, 6.07) is 20.9. The van der Waals surface area contributed by atoms with Crippen molar-refractivity contribution in [1.82, 2.24) is 8.87 Å². The van der Waals surface area contributed by atoms with Crippen LogP contribution in [-0.2, 0) is 27.1 Å². The zero-order valence-corrected chi connectivity index (χ0v) is 19.8. The minimum Gasteiger partial charge on any atom is -0.379 e. The average Bonchev–Trinajstić information content (AvgIpc) is 3.18. The van der Waals surface area contributed by atoms with E-state index in [1.54, 1.807) is 24.3 Å². The van der Waals surface area contributed by atoms with Gasteiger partial charge in [-0.25, -0.2) is 8.42 Å². The molecule has 34 heavy (non-hydrogen) atoms. The van der Waals surface area contributed by atoms with Crippen molar-refractivity contribution in [3.8, 4) is 0 Å². The Labute approximate surface area is 199 Å². The molecule has 0 atom stereocenters. The lowest BCUT2D eigenvalue weighted by molar-refractivity contribution is 0.0729. The van der Waals surface area contributed by atoms with Crippen LogP contribution in [0, 0.1) is 0 Å². The Kier molecular flexibility index (Phi) is 6.12. The molecule has 7 nitrogen and oxygen atoms in total. The van der Waals surface area contributed by atoms with Crippen molar-refractivity contribution in [2.45, 2.75) is 19.2 Å². The summed E-state index contributed by atoms with van der Waals surface area (Å²) in [7, 11) is -3.41. The average molecular weight is 478 g/mol. The van der Waals surface area contributed by atoms with E-state index in [0.29, 0.717) is 37.4 Å². The molecule has 5 rings (SSSR count). The molecule has 1 aliphatic heterocycles. The van der Waals surface area contributed by atoms with Crippen LogP contribution in [0.3, 0.4) is 0 Å². The quantitative estimate of drug-likeness (QED) is 0.451. The molecule has 0 spiro atoms. The van der Waals surface area contributed by atoms with Gasteiger partial charge in [0.05, 0.1) is 19.0 Å². The highest BCUT2D eigenvalue weighted by molar-refractivity contribution is 7.88. The van der Waals surface area contributed by atoms with Crippen molar-refractivity contribution < 1.29 is 17.9 Å². The molecule has 1 saturated heterocycles. The third kappa shape index (κ3) is 4.32. The van der Waals surface area contributed by atoms with Gasteiger partial charge in [0.15, 0.2) is 0 Å². The van der Waals surface area contributed by atoms with Gasteiger partial charge >= 0.3 is 0 Å². The van der Waals surface area contributed by atoms with E-state index >= 15 is 0 Å². The number of carbonyl (C=O) groups excluding carboxylic acids is 1. The number of rotatable bonds is 6. The Morgan fingerprint density at radius 2 is 1.65 bits per heavy atom. The van der Waals surface area contributed by atoms with Crippen molar-refractivity contribution in [3.05, 3.63) is 77.9 Å². The molecule has 2 heterocycles. The van der Waals surface area contributed by atoms with Crippen LogP contribution in [0.4, 0.5) is 5.69 Å². The maximum atomic E-state index is 12.9. The summed E-state index contributed by atoms with van der Waals surface area (Å²) in [5, 5.41) is 5.22. The third-order valence-electron chi connectivity index (χ3n) is 6.28. The molecule has 176 valence electrons. The van der Waals surface area contributed by atoms with E-state index in [1.165, 1.54) is 9.82 Å². The second-order valence-corrected chi connectivity index (χ2v) is 10.4. The van der Waals surface area contributed by atoms with Crippen LogP contribution in [-0.4, -0.2) is 49.5 Å². The normalized spacial score (nSPS) is 15.1. The molecule has 1 amide bonds. The molecule has 1 aliphatic rings. The third-order valence-corrected chi connectivity index (χ3v) is 8.13. The molecule has 0 saturated carbocycles. The molecule has 1 fully saturated rings. The van der Waals surface area contributed by atoms with Gasteiger partial charge in [-0.1, -0.05) is 30.3 Å². The fourth-order valence-electron chi connectivity index (χ4n) is 4.55. The highest BCUT2D eigenvalue weighted by atomic mass is 32.2. The van der Waals surface area contributed by atoms with E-state index in [1.807, 2.05) is 30.3 Å². The van der Waals surface area contributed by atoms with Crippen LogP contribution in [0.15, 0.2) is 66.7 Å². The molecule has 4 aromatic rings. The van der Waals surface area contributed by atoms with Crippen molar-refractivity contribution >= 4 is 43.4 Å². The van der Waals surface area contributed by atoms with Crippen LogP contribution < -0.4 is 5.32 Å². The Morgan fingerprint density at radius 1 is 0.941 bits per heavy atom. The number of nitrogens with zero attached hydrogens (tertiary/aromatic N) is 2. The van der Waals surface area contributed by atoms with Gasteiger partial charge in [-0.15, -0.1) is 0 Å². The van der Waals surface area contributed by atoms with Crippen LogP contribution >= 0.6 is 0 Å². The van der Waals surface area contributed by atoms with E-state index in [9.17, 15) is 13.2 Å². The number of ether oxygens (including phenoxy) is 1. The van der Waals surface area contributed by atoms with Crippen LogP contribution in [0.2, 0.25) is 0 Å². The lowest BCUT2D eigenvalue weighted by atomic mass is 10.1. The van der Waals surface area contributed by atoms with E-state index < -0.39 is 10.0 Å². The number of hydrogen-bond acceptors (Lipinski definition) is 4. The van der Waals surface area contributed by atoms with Crippen molar-refractivity contribution in [1.29, 1.82) is 0 Å². The lowest BCUT2D eigenvalue weighted by Crippen LogP contribution is -2.41. The maximum Gasteiger partial charge on any atom is 0.255 e. The number of aromatic nitrogens is 1. The van der Waals surface area contributed by atoms with Gasteiger partial charge in [-0.2, -0.15) is 4.31 Å². The van der Waals surface area contributed by atoms with Gasteiger partial charge in [0, 0.05) is 52.7 Å². The van der Waals surface area contributed by atoms with Crippen LogP contribution in [0.25, 0.3) is 21.8 Å². The van der Waals surface area contributed by atoms with E-state index in [0.717, 1.165) is 28.5 Å². The molecule has 0 unspecified atom stereocenters. The number of carbonyl (C=O) groups is 1. The first-order valence-electron chi connectivity index (χ1n) is 11.4. The number of amides is 1. The van der Waals surface area contributed by atoms with Gasteiger partial charge in [0.2, 0.25) is 10.0 Å². The van der Waals surface area contributed by atoms with Gasteiger partial charge in [-0.05, 0) is 48.9 Å². The number of morpholine rings is 1. The van der Waals surface area contributed by atoms with Gasteiger partial charge in [-0.3, -0.25) is 4.79 Å². The van der Waals surface area contributed by atoms with Crippen molar-refractivity contribution in [2.75, 3.05) is 31.6 Å². The predicted molar refractivity (Wildman–Crippen MR) is 135 cm³/mol. The Morgan fingerprint density at radius 3 is 2.38 bits per heavy atom. The molecule has 0 bridgehead atoms. The van der Waals surface area contributed by atoms with E-state index in [4.69, 9.17) is 4.74 Å². The van der Waals surface area contributed by atoms with E-state index in [2.05, 4.69) is 28.9 Å². The molecule has 0 radical (unpaired) electrons. The first-order valence-corrected chi connectivity index (χ1v) is 13.0. The smallest absolute Gasteiger partial charge is 0.255 e. The lowest BCUT2D eigenvalue weighted by Gasteiger charge is -2.26.